The molecule has 0 amide bonds. The SMILES string of the molecule is CCC1CCC(C#N)(C(O)C2CCOCC2)CC1. The van der Waals surface area contributed by atoms with E-state index in [4.69, 9.17) is 4.74 Å². The van der Waals surface area contributed by atoms with Crippen LogP contribution in [0.1, 0.15) is 51.9 Å². The van der Waals surface area contributed by atoms with Gasteiger partial charge in [0, 0.05) is 13.2 Å². The van der Waals surface area contributed by atoms with Gasteiger partial charge in [-0.05, 0) is 50.4 Å². The van der Waals surface area contributed by atoms with E-state index in [0.29, 0.717) is 0 Å². The van der Waals surface area contributed by atoms with E-state index in [2.05, 4.69) is 13.0 Å². The van der Waals surface area contributed by atoms with Crippen molar-refractivity contribution in [3.63, 3.8) is 0 Å². The van der Waals surface area contributed by atoms with Gasteiger partial charge in [0.2, 0.25) is 0 Å². The van der Waals surface area contributed by atoms with Crippen LogP contribution >= 0.6 is 0 Å². The molecule has 1 unspecified atom stereocenters. The van der Waals surface area contributed by atoms with Gasteiger partial charge in [0.05, 0.1) is 17.6 Å². The fraction of sp³-hybridized carbons (Fsp3) is 0.933. The first-order chi connectivity index (χ1) is 8.72. The molecular weight excluding hydrogens is 226 g/mol. The summed E-state index contributed by atoms with van der Waals surface area (Å²) in [5, 5.41) is 20.2. The minimum atomic E-state index is -0.478. The van der Waals surface area contributed by atoms with Gasteiger partial charge >= 0.3 is 0 Å². The first kappa shape index (κ1) is 13.8. The van der Waals surface area contributed by atoms with E-state index in [1.807, 2.05) is 0 Å². The molecule has 0 aromatic rings. The number of aliphatic hydroxyl groups excluding tert-OH is 1. The van der Waals surface area contributed by atoms with Gasteiger partial charge in [-0.15, -0.1) is 0 Å². The lowest BCUT2D eigenvalue weighted by atomic mass is 9.64. The fourth-order valence-corrected chi connectivity index (χ4v) is 3.56. The van der Waals surface area contributed by atoms with Crippen LogP contribution < -0.4 is 0 Å². The summed E-state index contributed by atoms with van der Waals surface area (Å²) in [5.41, 5.74) is -0.478. The Hall–Kier alpha value is -0.590. The van der Waals surface area contributed by atoms with Crippen LogP contribution in [0.4, 0.5) is 0 Å². The lowest BCUT2D eigenvalue weighted by Gasteiger charge is -2.42. The van der Waals surface area contributed by atoms with E-state index in [0.717, 1.165) is 57.7 Å². The number of nitrogens with zero attached hydrogens (tertiary/aromatic N) is 1. The molecule has 1 saturated heterocycles. The summed E-state index contributed by atoms with van der Waals surface area (Å²) in [6, 6.07) is 2.47. The number of hydrogen-bond acceptors (Lipinski definition) is 3. The predicted octanol–water partition coefficient (Wildman–Crippen LogP) is 2.88. The lowest BCUT2D eigenvalue weighted by Crippen LogP contribution is -2.43. The van der Waals surface area contributed by atoms with Crippen LogP contribution in [0.3, 0.4) is 0 Å². The summed E-state index contributed by atoms with van der Waals surface area (Å²) in [6.45, 7) is 3.70. The summed E-state index contributed by atoms with van der Waals surface area (Å²) in [6.07, 6.45) is 6.51. The maximum absolute atomic E-state index is 10.6. The highest BCUT2D eigenvalue weighted by atomic mass is 16.5. The van der Waals surface area contributed by atoms with Crippen molar-refractivity contribution < 1.29 is 9.84 Å². The molecule has 1 aliphatic carbocycles. The van der Waals surface area contributed by atoms with E-state index in [1.54, 1.807) is 0 Å². The zero-order valence-corrected chi connectivity index (χ0v) is 11.4. The summed E-state index contributed by atoms with van der Waals surface area (Å²) < 4.78 is 5.34. The molecule has 0 radical (unpaired) electrons. The quantitative estimate of drug-likeness (QED) is 0.839. The maximum Gasteiger partial charge on any atom is 0.0835 e. The Morgan fingerprint density at radius 1 is 1.28 bits per heavy atom. The highest BCUT2D eigenvalue weighted by Crippen LogP contribution is 2.45. The molecule has 3 heteroatoms. The van der Waals surface area contributed by atoms with E-state index in [9.17, 15) is 10.4 Å². The zero-order chi connectivity index (χ0) is 13.0. The second-order valence-corrected chi connectivity index (χ2v) is 6.01. The van der Waals surface area contributed by atoms with Crippen molar-refractivity contribution >= 4 is 0 Å². The van der Waals surface area contributed by atoms with Crippen LogP contribution in [0.25, 0.3) is 0 Å². The summed E-state index contributed by atoms with van der Waals surface area (Å²) in [7, 11) is 0. The largest absolute Gasteiger partial charge is 0.391 e. The summed E-state index contributed by atoms with van der Waals surface area (Å²) >= 11 is 0. The zero-order valence-electron chi connectivity index (χ0n) is 11.4. The topological polar surface area (TPSA) is 53.2 Å². The minimum Gasteiger partial charge on any atom is -0.391 e. The Labute approximate surface area is 110 Å². The van der Waals surface area contributed by atoms with Crippen molar-refractivity contribution in [3.8, 4) is 6.07 Å². The van der Waals surface area contributed by atoms with Crippen molar-refractivity contribution in [1.82, 2.24) is 0 Å². The molecule has 1 atom stereocenters. The van der Waals surface area contributed by atoms with E-state index < -0.39 is 11.5 Å². The first-order valence-corrected chi connectivity index (χ1v) is 7.39. The average molecular weight is 251 g/mol. The third-order valence-electron chi connectivity index (χ3n) is 5.08. The van der Waals surface area contributed by atoms with Gasteiger partial charge in [-0.3, -0.25) is 0 Å². The molecule has 2 fully saturated rings. The van der Waals surface area contributed by atoms with Crippen LogP contribution in [0.2, 0.25) is 0 Å². The smallest absolute Gasteiger partial charge is 0.0835 e. The van der Waals surface area contributed by atoms with Crippen molar-refractivity contribution in [2.45, 2.75) is 58.0 Å². The molecule has 0 aromatic carbocycles. The second-order valence-electron chi connectivity index (χ2n) is 6.01. The molecule has 102 valence electrons. The molecule has 0 spiro atoms. The molecule has 1 saturated carbocycles. The van der Waals surface area contributed by atoms with Crippen LogP contribution in [0.5, 0.6) is 0 Å². The summed E-state index contributed by atoms with van der Waals surface area (Å²) in [4.78, 5) is 0. The molecule has 2 aliphatic rings. The van der Waals surface area contributed by atoms with Gasteiger partial charge in [0.15, 0.2) is 0 Å². The Balaban J connectivity index is 2.01. The third kappa shape index (κ3) is 2.70. The lowest BCUT2D eigenvalue weighted by molar-refractivity contribution is -0.0542. The van der Waals surface area contributed by atoms with Crippen LogP contribution in [0, 0.1) is 28.6 Å². The first-order valence-electron chi connectivity index (χ1n) is 7.39. The number of hydrogen-bond donors (Lipinski definition) is 1. The number of aliphatic hydroxyl groups is 1. The fourth-order valence-electron chi connectivity index (χ4n) is 3.56. The monoisotopic (exact) mass is 251 g/mol. The standard InChI is InChI=1S/C15H25NO2/c1-2-12-3-7-15(11-16,8-4-12)14(17)13-5-9-18-10-6-13/h12-14,17H,2-10H2,1H3. The number of ether oxygens (including phenoxy) is 1. The van der Waals surface area contributed by atoms with Gasteiger partial charge in [0.1, 0.15) is 0 Å². The van der Waals surface area contributed by atoms with Crippen LogP contribution in [0.15, 0.2) is 0 Å². The molecule has 0 aromatic heterocycles. The van der Waals surface area contributed by atoms with Crippen LogP contribution in [-0.2, 0) is 4.74 Å². The van der Waals surface area contributed by atoms with Gasteiger partial charge in [0.25, 0.3) is 0 Å². The van der Waals surface area contributed by atoms with Crippen LogP contribution in [-0.4, -0.2) is 24.4 Å². The third-order valence-corrected chi connectivity index (χ3v) is 5.08. The Kier molecular flexibility index (Phi) is 4.64. The Bertz CT molecular complexity index is 296. The highest BCUT2D eigenvalue weighted by molar-refractivity contribution is 5.07. The molecule has 0 bridgehead atoms. The van der Waals surface area contributed by atoms with Crippen molar-refractivity contribution in [2.75, 3.05) is 13.2 Å². The van der Waals surface area contributed by atoms with Crippen molar-refractivity contribution in [2.24, 2.45) is 17.3 Å². The van der Waals surface area contributed by atoms with E-state index in [1.165, 1.54) is 6.42 Å². The predicted molar refractivity (Wildman–Crippen MR) is 69.8 cm³/mol. The van der Waals surface area contributed by atoms with Gasteiger partial charge in [-0.1, -0.05) is 13.3 Å². The van der Waals surface area contributed by atoms with Crippen molar-refractivity contribution in [1.29, 1.82) is 5.26 Å². The van der Waals surface area contributed by atoms with Gasteiger partial charge in [-0.2, -0.15) is 5.26 Å². The number of nitriles is 1. The molecule has 1 aliphatic heterocycles. The number of rotatable bonds is 3. The Morgan fingerprint density at radius 2 is 1.89 bits per heavy atom. The molecule has 18 heavy (non-hydrogen) atoms. The van der Waals surface area contributed by atoms with Gasteiger partial charge in [-0.25, -0.2) is 0 Å². The van der Waals surface area contributed by atoms with E-state index >= 15 is 0 Å². The average Bonchev–Trinajstić information content (AvgIpc) is 2.47. The minimum absolute atomic E-state index is 0.261. The molecule has 3 nitrogen and oxygen atoms in total. The molecule has 2 rings (SSSR count). The van der Waals surface area contributed by atoms with Crippen molar-refractivity contribution in [3.05, 3.63) is 0 Å². The molecular formula is C15H25NO2. The highest BCUT2D eigenvalue weighted by Gasteiger charge is 2.44. The second kappa shape index (κ2) is 6.04. The maximum atomic E-state index is 10.6. The summed E-state index contributed by atoms with van der Waals surface area (Å²) in [5.74, 6) is 1.02. The van der Waals surface area contributed by atoms with Gasteiger partial charge < -0.3 is 9.84 Å². The normalized spacial score (nSPS) is 35.9. The molecule has 1 heterocycles. The Morgan fingerprint density at radius 3 is 2.39 bits per heavy atom. The molecule has 1 N–H and O–H groups in total. The van der Waals surface area contributed by atoms with E-state index in [-0.39, 0.29) is 5.92 Å².